The number of furan rings is 1. The van der Waals surface area contributed by atoms with Gasteiger partial charge in [0.25, 0.3) is 6.20 Å². The number of anilines is 2. The van der Waals surface area contributed by atoms with Crippen molar-refractivity contribution in [2.75, 3.05) is 35.9 Å². The molecule has 3 aromatic rings. The number of nitrogens with one attached hydrogen (secondary N) is 1. The highest BCUT2D eigenvalue weighted by atomic mass is 32.2. The van der Waals surface area contributed by atoms with Crippen molar-refractivity contribution in [1.29, 1.82) is 10.5 Å². The number of nitriles is 2. The van der Waals surface area contributed by atoms with E-state index in [2.05, 4.69) is 15.6 Å². The zero-order valence-corrected chi connectivity index (χ0v) is 16.2. The van der Waals surface area contributed by atoms with E-state index in [0.717, 1.165) is 11.8 Å². The SMILES string of the molecule is CN(C)[n+]1cc(NC(=O)CSc2nc(N)c(C#N)c(-c3ccco3)c2C#N)on1. The molecule has 3 aromatic heterocycles. The summed E-state index contributed by atoms with van der Waals surface area (Å²) in [6.07, 6.45) is 2.92. The van der Waals surface area contributed by atoms with Crippen LogP contribution in [0.15, 0.2) is 38.6 Å². The highest BCUT2D eigenvalue weighted by Gasteiger charge is 2.23. The first-order chi connectivity index (χ1) is 13.9. The predicted octanol–water partition coefficient (Wildman–Crippen LogP) is 0.871. The molecule has 0 saturated carbocycles. The number of pyridine rings is 1. The molecule has 29 heavy (non-hydrogen) atoms. The Morgan fingerprint density at radius 2 is 2.14 bits per heavy atom. The van der Waals surface area contributed by atoms with Gasteiger partial charge >= 0.3 is 5.88 Å². The van der Waals surface area contributed by atoms with E-state index in [1.807, 2.05) is 12.1 Å². The van der Waals surface area contributed by atoms with Gasteiger partial charge in [0.05, 0.1) is 42.0 Å². The van der Waals surface area contributed by atoms with Crippen LogP contribution in [0.4, 0.5) is 11.7 Å². The molecule has 0 bridgehead atoms. The van der Waals surface area contributed by atoms with Crippen LogP contribution in [0, 0.1) is 22.7 Å². The second kappa shape index (κ2) is 8.33. The highest BCUT2D eigenvalue weighted by Crippen LogP contribution is 2.35. The molecule has 0 atom stereocenters. The highest BCUT2D eigenvalue weighted by molar-refractivity contribution is 8.00. The molecule has 0 aliphatic carbocycles. The summed E-state index contributed by atoms with van der Waals surface area (Å²) in [5.41, 5.74) is 6.29. The van der Waals surface area contributed by atoms with Crippen molar-refractivity contribution in [3.05, 3.63) is 35.7 Å². The average Bonchev–Trinajstić information content (AvgIpc) is 3.37. The standard InChI is InChI=1S/C17H14N8O3S/c1-24(2)25-8-14(28-23-25)21-13(26)9-29-17-11(7-19)15(12-4-3-5-27-12)10(6-18)16(20)22-17/h3-5,8H,9H2,1-2H3,(H2-,20,21,22,23,26)/p+1. The van der Waals surface area contributed by atoms with E-state index < -0.39 is 5.91 Å². The smallest absolute Gasteiger partial charge is 0.305 e. The summed E-state index contributed by atoms with van der Waals surface area (Å²) < 4.78 is 10.3. The summed E-state index contributed by atoms with van der Waals surface area (Å²) in [4.78, 5) is 17.7. The normalized spacial score (nSPS) is 10.2. The Hall–Kier alpha value is -4.03. The molecule has 0 aliphatic heterocycles. The van der Waals surface area contributed by atoms with Gasteiger partial charge in [-0.2, -0.15) is 15.5 Å². The van der Waals surface area contributed by atoms with Gasteiger partial charge < -0.3 is 10.2 Å². The van der Waals surface area contributed by atoms with Gasteiger partial charge in [0.2, 0.25) is 11.2 Å². The number of nitrogens with two attached hydrogens (primary N) is 1. The number of hydrogen-bond acceptors (Lipinski definition) is 10. The van der Waals surface area contributed by atoms with E-state index in [1.54, 1.807) is 31.2 Å². The number of hydrogen-bond donors (Lipinski definition) is 2. The maximum Gasteiger partial charge on any atom is 0.305 e. The molecule has 0 aliphatic rings. The first-order valence-electron chi connectivity index (χ1n) is 8.11. The Morgan fingerprint density at radius 1 is 1.38 bits per heavy atom. The van der Waals surface area contributed by atoms with E-state index in [4.69, 9.17) is 14.7 Å². The molecule has 146 valence electrons. The molecule has 12 heteroatoms. The van der Waals surface area contributed by atoms with Crippen LogP contribution >= 0.6 is 11.8 Å². The second-order valence-electron chi connectivity index (χ2n) is 5.80. The van der Waals surface area contributed by atoms with Gasteiger partial charge in [0, 0.05) is 0 Å². The monoisotopic (exact) mass is 411 g/mol. The first kappa shape index (κ1) is 19.7. The molecule has 0 aromatic carbocycles. The maximum atomic E-state index is 12.2. The van der Waals surface area contributed by atoms with E-state index in [1.165, 1.54) is 17.3 Å². The lowest BCUT2D eigenvalue weighted by Crippen LogP contribution is -2.53. The van der Waals surface area contributed by atoms with Gasteiger partial charge in [-0.25, -0.2) is 4.98 Å². The lowest BCUT2D eigenvalue weighted by atomic mass is 10.0. The summed E-state index contributed by atoms with van der Waals surface area (Å²) in [5, 5.41) is 27.2. The number of nitrogens with zero attached hydrogens (tertiary/aromatic N) is 6. The fourth-order valence-corrected chi connectivity index (χ4v) is 3.15. The third kappa shape index (κ3) is 4.12. The number of carbonyl (C=O) groups is 1. The van der Waals surface area contributed by atoms with Crippen LogP contribution in [-0.4, -0.2) is 36.0 Å². The van der Waals surface area contributed by atoms with Crippen molar-refractivity contribution in [3.8, 4) is 23.5 Å². The van der Waals surface area contributed by atoms with E-state index in [0.29, 0.717) is 5.76 Å². The minimum absolute atomic E-state index is 0.0419. The number of aromatic nitrogens is 3. The van der Waals surface area contributed by atoms with E-state index >= 15 is 0 Å². The summed E-state index contributed by atoms with van der Waals surface area (Å²) >= 11 is 1.00. The quantitative estimate of drug-likeness (QED) is 0.439. The van der Waals surface area contributed by atoms with Gasteiger partial charge in [0.1, 0.15) is 34.3 Å². The molecule has 11 nitrogen and oxygen atoms in total. The zero-order chi connectivity index (χ0) is 21.0. The number of amides is 1. The van der Waals surface area contributed by atoms with Crippen molar-refractivity contribution in [1.82, 2.24) is 10.3 Å². The molecule has 0 fully saturated rings. The van der Waals surface area contributed by atoms with Crippen molar-refractivity contribution >= 4 is 29.4 Å². The molecular formula is C17H15N8O3S+. The molecule has 0 radical (unpaired) electrons. The lowest BCUT2D eigenvalue weighted by molar-refractivity contribution is -0.753. The van der Waals surface area contributed by atoms with Crippen molar-refractivity contribution in [3.63, 3.8) is 0 Å². The predicted molar refractivity (Wildman–Crippen MR) is 102 cm³/mol. The van der Waals surface area contributed by atoms with Crippen LogP contribution in [-0.2, 0) is 4.79 Å². The zero-order valence-electron chi connectivity index (χ0n) is 15.4. The summed E-state index contributed by atoms with van der Waals surface area (Å²) in [7, 11) is 3.51. The Bertz CT molecular complexity index is 1120. The topological polar surface area (TPSA) is 162 Å². The molecule has 3 heterocycles. The number of thioether (sulfide) groups is 1. The van der Waals surface area contributed by atoms with Crippen LogP contribution in [0.2, 0.25) is 0 Å². The molecule has 3 rings (SSSR count). The summed E-state index contributed by atoms with van der Waals surface area (Å²) in [6, 6.07) is 7.22. The molecular weight excluding hydrogens is 396 g/mol. The second-order valence-corrected chi connectivity index (χ2v) is 6.76. The maximum absolute atomic E-state index is 12.2. The Labute approximate surface area is 169 Å². The fourth-order valence-electron chi connectivity index (χ4n) is 2.36. The average molecular weight is 411 g/mol. The third-order valence-corrected chi connectivity index (χ3v) is 4.63. The van der Waals surface area contributed by atoms with Crippen molar-refractivity contribution < 1.29 is 18.5 Å². The van der Waals surface area contributed by atoms with Gasteiger partial charge in [0.15, 0.2) is 0 Å². The van der Waals surface area contributed by atoms with E-state index in [-0.39, 0.29) is 39.2 Å². The number of nitrogen functional groups attached to an aromatic ring is 1. The van der Waals surface area contributed by atoms with Crippen LogP contribution in [0.1, 0.15) is 11.1 Å². The van der Waals surface area contributed by atoms with Crippen molar-refractivity contribution in [2.45, 2.75) is 5.03 Å². The molecule has 0 unspecified atom stereocenters. The minimum Gasteiger partial charge on any atom is -0.464 e. The lowest BCUT2D eigenvalue weighted by Gasteiger charge is -2.10. The van der Waals surface area contributed by atoms with Gasteiger partial charge in [-0.05, 0) is 12.1 Å². The fraction of sp³-hybridized carbons (Fsp3) is 0.176. The van der Waals surface area contributed by atoms with Crippen molar-refractivity contribution in [2.24, 2.45) is 0 Å². The third-order valence-electron chi connectivity index (χ3n) is 3.65. The van der Waals surface area contributed by atoms with Crippen LogP contribution in [0.25, 0.3) is 11.3 Å². The Kier molecular flexibility index (Phi) is 5.66. The molecule has 0 spiro atoms. The van der Waals surface area contributed by atoms with Gasteiger partial charge in [-0.3, -0.25) is 14.6 Å². The van der Waals surface area contributed by atoms with Crippen LogP contribution in [0.5, 0.6) is 0 Å². The Morgan fingerprint density at radius 3 is 2.72 bits per heavy atom. The molecule has 3 N–H and O–H groups in total. The molecule has 0 saturated heterocycles. The summed E-state index contributed by atoms with van der Waals surface area (Å²) in [6.45, 7) is 0. The summed E-state index contributed by atoms with van der Waals surface area (Å²) in [5.74, 6) is -0.0529. The molecule has 1 amide bonds. The number of carbonyl (C=O) groups excluding carboxylic acids is 1. The first-order valence-corrected chi connectivity index (χ1v) is 9.09. The van der Waals surface area contributed by atoms with Gasteiger partial charge in [-0.15, -0.1) is 0 Å². The van der Waals surface area contributed by atoms with Crippen LogP contribution in [0.3, 0.4) is 0 Å². The number of rotatable bonds is 6. The largest absolute Gasteiger partial charge is 0.464 e. The van der Waals surface area contributed by atoms with Gasteiger partial charge in [-0.1, -0.05) is 11.8 Å². The Balaban J connectivity index is 1.83. The minimum atomic E-state index is -0.398. The van der Waals surface area contributed by atoms with Crippen LogP contribution < -0.4 is 20.9 Å². The van der Waals surface area contributed by atoms with E-state index in [9.17, 15) is 15.3 Å².